The van der Waals surface area contributed by atoms with Crippen LogP contribution in [-0.4, -0.2) is 47.3 Å². The van der Waals surface area contributed by atoms with E-state index in [9.17, 15) is 0 Å². The van der Waals surface area contributed by atoms with E-state index >= 15 is 0 Å². The number of hydrogen-bond acceptors (Lipinski definition) is 4. The number of nitrogens with zero attached hydrogens (tertiary/aromatic N) is 4. The van der Waals surface area contributed by atoms with Crippen molar-refractivity contribution in [1.29, 1.82) is 0 Å². The second-order valence-corrected chi connectivity index (χ2v) is 5.75. The molecule has 0 saturated carbocycles. The molecule has 1 aromatic carbocycles. The second kappa shape index (κ2) is 7.18. The van der Waals surface area contributed by atoms with E-state index in [1.807, 2.05) is 24.5 Å². The van der Waals surface area contributed by atoms with Crippen LogP contribution < -0.4 is 0 Å². The summed E-state index contributed by atoms with van der Waals surface area (Å²) in [4.78, 5) is 6.58. The molecule has 0 N–H and O–H groups in total. The average molecular weight is 294 g/mol. The Bertz CT molecular complexity index is 599. The van der Waals surface area contributed by atoms with Crippen LogP contribution in [0.3, 0.4) is 0 Å². The first-order valence-electron chi connectivity index (χ1n) is 7.76. The molecule has 114 valence electrons. The van der Waals surface area contributed by atoms with E-state index in [1.165, 1.54) is 11.1 Å². The van der Waals surface area contributed by atoms with Crippen LogP contribution >= 0.6 is 0 Å². The number of hydrogen-bond donors (Lipinski definition) is 0. The van der Waals surface area contributed by atoms with Gasteiger partial charge in [-0.05, 0) is 18.6 Å². The van der Waals surface area contributed by atoms with E-state index in [0.29, 0.717) is 0 Å². The first-order chi connectivity index (χ1) is 10.8. The summed E-state index contributed by atoms with van der Waals surface area (Å²) in [5.74, 6) is 0. The number of aryl methyl sites for hydroxylation is 1. The second-order valence-electron chi connectivity index (χ2n) is 5.75. The molecule has 0 spiro atoms. The first-order valence-corrected chi connectivity index (χ1v) is 7.76. The van der Waals surface area contributed by atoms with Crippen LogP contribution in [-0.2, 0) is 6.54 Å². The van der Waals surface area contributed by atoms with Crippen molar-refractivity contribution in [3.05, 3.63) is 65.5 Å². The number of benzene rings is 1. The van der Waals surface area contributed by atoms with Crippen molar-refractivity contribution in [3.63, 3.8) is 0 Å². The van der Waals surface area contributed by atoms with Crippen LogP contribution in [0.15, 0.2) is 53.9 Å². The van der Waals surface area contributed by atoms with Crippen molar-refractivity contribution in [1.82, 2.24) is 14.9 Å². The van der Waals surface area contributed by atoms with Gasteiger partial charge >= 0.3 is 0 Å². The Hall–Kier alpha value is -2.20. The summed E-state index contributed by atoms with van der Waals surface area (Å²) in [5, 5.41) is 6.69. The third-order valence-electron chi connectivity index (χ3n) is 3.93. The van der Waals surface area contributed by atoms with Gasteiger partial charge in [0.1, 0.15) is 0 Å². The molecule has 1 saturated heterocycles. The molecule has 1 aliphatic heterocycles. The van der Waals surface area contributed by atoms with E-state index in [1.54, 1.807) is 6.20 Å². The summed E-state index contributed by atoms with van der Waals surface area (Å²) in [7, 11) is 0. The van der Waals surface area contributed by atoms with Crippen LogP contribution in [0.1, 0.15) is 16.7 Å². The zero-order valence-electron chi connectivity index (χ0n) is 13.0. The summed E-state index contributed by atoms with van der Waals surface area (Å²) in [6.45, 7) is 7.21. The molecule has 0 unspecified atom stereocenters. The van der Waals surface area contributed by atoms with Gasteiger partial charge < -0.3 is 0 Å². The molecular formula is C18H22N4. The number of rotatable bonds is 4. The van der Waals surface area contributed by atoms with Gasteiger partial charge in [0.25, 0.3) is 0 Å². The van der Waals surface area contributed by atoms with Gasteiger partial charge in [0.05, 0.1) is 6.21 Å². The minimum Gasteiger partial charge on any atom is -0.295 e. The fourth-order valence-electron chi connectivity index (χ4n) is 2.56. The highest BCUT2D eigenvalue weighted by atomic mass is 15.5. The molecule has 0 amide bonds. The maximum Gasteiger partial charge on any atom is 0.0558 e. The standard InChI is InChI=1S/C18H22N4/c1-16-4-6-17(7-5-16)15-21-9-11-22(12-10-21)20-14-18-3-2-8-19-13-18/h2-8,13-14H,9-12,15H2,1H3/b20-14-. The summed E-state index contributed by atoms with van der Waals surface area (Å²) in [6.07, 6.45) is 5.50. The maximum atomic E-state index is 4.55. The smallest absolute Gasteiger partial charge is 0.0558 e. The summed E-state index contributed by atoms with van der Waals surface area (Å²) in [6, 6.07) is 12.8. The fraction of sp³-hybridized carbons (Fsp3) is 0.333. The van der Waals surface area contributed by atoms with Crippen molar-refractivity contribution < 1.29 is 0 Å². The number of hydrazone groups is 1. The van der Waals surface area contributed by atoms with Crippen LogP contribution in [0, 0.1) is 6.92 Å². The Morgan fingerprint density at radius 2 is 1.86 bits per heavy atom. The van der Waals surface area contributed by atoms with Crippen LogP contribution in [0.25, 0.3) is 0 Å². The lowest BCUT2D eigenvalue weighted by Crippen LogP contribution is -2.43. The van der Waals surface area contributed by atoms with E-state index < -0.39 is 0 Å². The molecule has 0 atom stereocenters. The van der Waals surface area contributed by atoms with Gasteiger partial charge in [-0.1, -0.05) is 35.9 Å². The SMILES string of the molecule is Cc1ccc(CN2CCN(/N=C\c3cccnc3)CC2)cc1. The Morgan fingerprint density at radius 1 is 1.09 bits per heavy atom. The maximum absolute atomic E-state index is 4.55. The predicted molar refractivity (Wildman–Crippen MR) is 89.9 cm³/mol. The minimum atomic E-state index is 0.975. The molecule has 0 aliphatic carbocycles. The van der Waals surface area contributed by atoms with Gasteiger partial charge in [-0.15, -0.1) is 0 Å². The summed E-state index contributed by atoms with van der Waals surface area (Å²) >= 11 is 0. The van der Waals surface area contributed by atoms with Crippen LogP contribution in [0.2, 0.25) is 0 Å². The molecule has 3 rings (SSSR count). The van der Waals surface area contributed by atoms with Crippen molar-refractivity contribution in [3.8, 4) is 0 Å². The van der Waals surface area contributed by atoms with E-state index in [0.717, 1.165) is 38.3 Å². The highest BCUT2D eigenvalue weighted by molar-refractivity contribution is 5.78. The predicted octanol–water partition coefficient (Wildman–Crippen LogP) is 2.54. The zero-order chi connectivity index (χ0) is 15.2. The number of piperazine rings is 1. The molecular weight excluding hydrogens is 272 g/mol. The minimum absolute atomic E-state index is 0.975. The molecule has 22 heavy (non-hydrogen) atoms. The number of pyridine rings is 1. The lowest BCUT2D eigenvalue weighted by molar-refractivity contribution is 0.131. The zero-order valence-corrected chi connectivity index (χ0v) is 13.0. The third-order valence-corrected chi connectivity index (χ3v) is 3.93. The fourth-order valence-corrected chi connectivity index (χ4v) is 2.56. The molecule has 4 nitrogen and oxygen atoms in total. The lowest BCUT2D eigenvalue weighted by Gasteiger charge is -2.33. The average Bonchev–Trinajstić information content (AvgIpc) is 2.57. The van der Waals surface area contributed by atoms with Gasteiger partial charge in [0.2, 0.25) is 0 Å². The molecule has 1 aromatic heterocycles. The lowest BCUT2D eigenvalue weighted by atomic mass is 10.1. The van der Waals surface area contributed by atoms with E-state index in [4.69, 9.17) is 0 Å². The molecule has 2 heterocycles. The molecule has 0 radical (unpaired) electrons. The highest BCUT2D eigenvalue weighted by Crippen LogP contribution is 2.10. The highest BCUT2D eigenvalue weighted by Gasteiger charge is 2.15. The molecule has 0 bridgehead atoms. The van der Waals surface area contributed by atoms with Crippen LogP contribution in [0.4, 0.5) is 0 Å². The van der Waals surface area contributed by atoms with Gasteiger partial charge in [0, 0.05) is 50.7 Å². The Kier molecular flexibility index (Phi) is 4.81. The summed E-state index contributed by atoms with van der Waals surface area (Å²) in [5.41, 5.74) is 3.75. The van der Waals surface area contributed by atoms with Gasteiger partial charge in [-0.2, -0.15) is 5.10 Å². The van der Waals surface area contributed by atoms with Crippen molar-refractivity contribution in [2.45, 2.75) is 13.5 Å². The third kappa shape index (κ3) is 4.15. The largest absolute Gasteiger partial charge is 0.295 e. The van der Waals surface area contributed by atoms with Crippen LogP contribution in [0.5, 0.6) is 0 Å². The van der Waals surface area contributed by atoms with Gasteiger partial charge in [-0.3, -0.25) is 14.9 Å². The number of aromatic nitrogens is 1. The van der Waals surface area contributed by atoms with Crippen molar-refractivity contribution in [2.24, 2.45) is 5.10 Å². The van der Waals surface area contributed by atoms with Crippen molar-refractivity contribution >= 4 is 6.21 Å². The van der Waals surface area contributed by atoms with Gasteiger partial charge in [0.15, 0.2) is 0 Å². The van der Waals surface area contributed by atoms with Gasteiger partial charge in [-0.25, -0.2) is 0 Å². The monoisotopic (exact) mass is 294 g/mol. The quantitative estimate of drug-likeness (QED) is 0.812. The Balaban J connectivity index is 1.48. The topological polar surface area (TPSA) is 31.7 Å². The molecule has 2 aromatic rings. The summed E-state index contributed by atoms with van der Waals surface area (Å²) < 4.78 is 0. The Labute approximate surface area is 132 Å². The normalized spacial score (nSPS) is 16.3. The molecule has 1 fully saturated rings. The molecule has 1 aliphatic rings. The molecule has 4 heteroatoms. The van der Waals surface area contributed by atoms with E-state index in [-0.39, 0.29) is 0 Å². The van der Waals surface area contributed by atoms with E-state index in [2.05, 4.69) is 51.2 Å². The van der Waals surface area contributed by atoms with Crippen molar-refractivity contribution in [2.75, 3.05) is 26.2 Å². The first kappa shape index (κ1) is 14.7. The Morgan fingerprint density at radius 3 is 2.55 bits per heavy atom.